The summed E-state index contributed by atoms with van der Waals surface area (Å²) in [7, 11) is 0. The maximum absolute atomic E-state index is 11.5. The van der Waals surface area contributed by atoms with Crippen molar-refractivity contribution >= 4 is 17.3 Å². The number of ether oxygens (including phenoxy) is 1. The summed E-state index contributed by atoms with van der Waals surface area (Å²) in [4.78, 5) is 19.8. The first-order chi connectivity index (χ1) is 8.22. The van der Waals surface area contributed by atoms with Gasteiger partial charge in [-0.05, 0) is 25.5 Å². The van der Waals surface area contributed by atoms with Crippen LogP contribution in [0.15, 0.2) is 23.8 Å². The van der Waals surface area contributed by atoms with Crippen LogP contribution in [0.25, 0.3) is 10.6 Å². The van der Waals surface area contributed by atoms with E-state index in [1.807, 2.05) is 13.0 Å². The van der Waals surface area contributed by atoms with E-state index >= 15 is 0 Å². The molecule has 2 heterocycles. The van der Waals surface area contributed by atoms with Gasteiger partial charge in [0.15, 0.2) is 5.69 Å². The lowest BCUT2D eigenvalue weighted by molar-refractivity contribution is 0.0520. The van der Waals surface area contributed by atoms with Gasteiger partial charge < -0.3 is 4.74 Å². The first-order valence-corrected chi connectivity index (χ1v) is 6.14. The summed E-state index contributed by atoms with van der Waals surface area (Å²) in [5, 5.41) is 2.53. The Balaban J connectivity index is 2.30. The van der Waals surface area contributed by atoms with Crippen LogP contribution in [0.5, 0.6) is 0 Å². The summed E-state index contributed by atoms with van der Waals surface area (Å²) >= 11 is 1.43. The second kappa shape index (κ2) is 5.05. The highest BCUT2D eigenvalue weighted by Gasteiger charge is 2.13. The van der Waals surface area contributed by atoms with Gasteiger partial charge in [-0.25, -0.2) is 9.78 Å². The van der Waals surface area contributed by atoms with E-state index in [2.05, 4.69) is 9.97 Å². The van der Waals surface area contributed by atoms with Crippen molar-refractivity contribution in [2.75, 3.05) is 6.61 Å². The largest absolute Gasteiger partial charge is 0.461 e. The van der Waals surface area contributed by atoms with Crippen LogP contribution in [0, 0.1) is 6.92 Å². The summed E-state index contributed by atoms with van der Waals surface area (Å²) in [6.45, 7) is 4.10. The monoisotopic (exact) mass is 248 g/mol. The Morgan fingerprint density at radius 2 is 2.35 bits per heavy atom. The summed E-state index contributed by atoms with van der Waals surface area (Å²) in [5.74, 6) is -0.373. The molecule has 0 fully saturated rings. The first kappa shape index (κ1) is 11.7. The number of esters is 1. The minimum atomic E-state index is -0.373. The van der Waals surface area contributed by atoms with E-state index in [0.29, 0.717) is 12.3 Å². The number of carbonyl (C=O) groups is 1. The number of carbonyl (C=O) groups excluding carboxylic acids is 1. The number of thiazole rings is 1. The SMILES string of the molecule is CCOC(=O)c1csc(-c2ccncc2C)n1. The molecule has 0 aromatic carbocycles. The predicted molar refractivity (Wildman–Crippen MR) is 66.0 cm³/mol. The van der Waals surface area contributed by atoms with Crippen molar-refractivity contribution in [3.8, 4) is 10.6 Å². The third-order valence-electron chi connectivity index (χ3n) is 2.24. The zero-order valence-electron chi connectivity index (χ0n) is 9.64. The Kier molecular flexibility index (Phi) is 3.49. The van der Waals surface area contributed by atoms with Gasteiger partial charge in [0.25, 0.3) is 0 Å². The van der Waals surface area contributed by atoms with Crippen molar-refractivity contribution in [1.29, 1.82) is 0 Å². The molecule has 0 aliphatic rings. The van der Waals surface area contributed by atoms with Gasteiger partial charge in [-0.15, -0.1) is 11.3 Å². The van der Waals surface area contributed by atoms with Crippen molar-refractivity contribution in [2.45, 2.75) is 13.8 Å². The number of hydrogen-bond acceptors (Lipinski definition) is 5. The molecule has 2 aromatic rings. The van der Waals surface area contributed by atoms with Gasteiger partial charge in [-0.3, -0.25) is 4.98 Å². The topological polar surface area (TPSA) is 52.1 Å². The van der Waals surface area contributed by atoms with Gasteiger partial charge in [0.05, 0.1) is 6.61 Å². The number of aromatic nitrogens is 2. The summed E-state index contributed by atoms with van der Waals surface area (Å²) < 4.78 is 4.90. The maximum Gasteiger partial charge on any atom is 0.357 e. The maximum atomic E-state index is 11.5. The first-order valence-electron chi connectivity index (χ1n) is 5.26. The summed E-state index contributed by atoms with van der Waals surface area (Å²) in [6.07, 6.45) is 3.49. The Morgan fingerprint density at radius 1 is 1.53 bits per heavy atom. The zero-order chi connectivity index (χ0) is 12.3. The van der Waals surface area contributed by atoms with Gasteiger partial charge in [0, 0.05) is 23.3 Å². The van der Waals surface area contributed by atoms with E-state index < -0.39 is 0 Å². The number of rotatable bonds is 3. The molecule has 0 saturated carbocycles. The van der Waals surface area contributed by atoms with E-state index in [0.717, 1.165) is 16.1 Å². The fourth-order valence-corrected chi connectivity index (χ4v) is 2.29. The second-order valence-electron chi connectivity index (χ2n) is 3.45. The van der Waals surface area contributed by atoms with E-state index in [1.165, 1.54) is 11.3 Å². The average molecular weight is 248 g/mol. The highest BCUT2D eigenvalue weighted by molar-refractivity contribution is 7.13. The molecule has 5 heteroatoms. The highest BCUT2D eigenvalue weighted by atomic mass is 32.1. The Bertz CT molecular complexity index is 537. The van der Waals surface area contributed by atoms with Crippen molar-refractivity contribution in [3.63, 3.8) is 0 Å². The van der Waals surface area contributed by atoms with Crippen LogP contribution in [0.1, 0.15) is 23.0 Å². The fraction of sp³-hybridized carbons (Fsp3) is 0.250. The van der Waals surface area contributed by atoms with Crippen molar-refractivity contribution in [2.24, 2.45) is 0 Å². The molecule has 0 amide bonds. The van der Waals surface area contributed by atoms with Crippen LogP contribution in [0.2, 0.25) is 0 Å². The zero-order valence-corrected chi connectivity index (χ0v) is 10.5. The van der Waals surface area contributed by atoms with Gasteiger partial charge >= 0.3 is 5.97 Å². The lowest BCUT2D eigenvalue weighted by atomic mass is 10.2. The lowest BCUT2D eigenvalue weighted by Gasteiger charge is -2.00. The number of hydrogen-bond donors (Lipinski definition) is 0. The molecule has 0 aliphatic carbocycles. The number of pyridine rings is 1. The smallest absolute Gasteiger partial charge is 0.357 e. The molecule has 2 rings (SSSR count). The Morgan fingerprint density at radius 3 is 3.06 bits per heavy atom. The minimum Gasteiger partial charge on any atom is -0.461 e. The van der Waals surface area contributed by atoms with Crippen molar-refractivity contribution in [1.82, 2.24) is 9.97 Å². The van der Waals surface area contributed by atoms with E-state index in [1.54, 1.807) is 24.7 Å². The van der Waals surface area contributed by atoms with Crippen LogP contribution >= 0.6 is 11.3 Å². The Labute approximate surface area is 103 Å². The standard InChI is InChI=1S/C12H12N2O2S/c1-3-16-12(15)10-7-17-11(14-10)9-4-5-13-6-8(9)2/h4-7H,3H2,1-2H3. The molecule has 0 aliphatic heterocycles. The van der Waals surface area contributed by atoms with E-state index in [4.69, 9.17) is 4.74 Å². The van der Waals surface area contributed by atoms with E-state index in [-0.39, 0.29) is 5.97 Å². The number of nitrogens with zero attached hydrogens (tertiary/aromatic N) is 2. The third-order valence-corrected chi connectivity index (χ3v) is 3.12. The van der Waals surface area contributed by atoms with Crippen molar-refractivity contribution < 1.29 is 9.53 Å². The molecular weight excluding hydrogens is 236 g/mol. The van der Waals surface area contributed by atoms with Gasteiger partial charge in [0.2, 0.25) is 0 Å². The van der Waals surface area contributed by atoms with Crippen LogP contribution in [0.4, 0.5) is 0 Å². The van der Waals surface area contributed by atoms with Gasteiger partial charge in [0.1, 0.15) is 5.01 Å². The van der Waals surface area contributed by atoms with Gasteiger partial charge in [-0.2, -0.15) is 0 Å². The fourth-order valence-electron chi connectivity index (χ4n) is 1.41. The average Bonchev–Trinajstić information content (AvgIpc) is 2.79. The molecular formula is C12H12N2O2S. The Hall–Kier alpha value is -1.75. The molecule has 88 valence electrons. The molecule has 0 spiro atoms. The van der Waals surface area contributed by atoms with Crippen LogP contribution < -0.4 is 0 Å². The minimum absolute atomic E-state index is 0.361. The molecule has 0 unspecified atom stereocenters. The van der Waals surface area contributed by atoms with Crippen LogP contribution in [-0.2, 0) is 4.74 Å². The van der Waals surface area contributed by atoms with Crippen LogP contribution in [0.3, 0.4) is 0 Å². The molecule has 2 aromatic heterocycles. The summed E-state index contributed by atoms with van der Waals surface area (Å²) in [5.41, 5.74) is 2.40. The lowest BCUT2D eigenvalue weighted by Crippen LogP contribution is -2.04. The molecule has 0 N–H and O–H groups in total. The molecule has 0 atom stereocenters. The molecule has 4 nitrogen and oxygen atoms in total. The molecule has 17 heavy (non-hydrogen) atoms. The van der Waals surface area contributed by atoms with Gasteiger partial charge in [-0.1, -0.05) is 0 Å². The summed E-state index contributed by atoms with van der Waals surface area (Å²) in [6, 6.07) is 1.89. The van der Waals surface area contributed by atoms with Crippen LogP contribution in [-0.4, -0.2) is 22.5 Å². The quantitative estimate of drug-likeness (QED) is 0.784. The number of aryl methyl sites for hydroxylation is 1. The normalized spacial score (nSPS) is 10.2. The molecule has 0 saturated heterocycles. The third kappa shape index (κ3) is 2.50. The highest BCUT2D eigenvalue weighted by Crippen LogP contribution is 2.26. The van der Waals surface area contributed by atoms with Crippen molar-refractivity contribution in [3.05, 3.63) is 35.1 Å². The second-order valence-corrected chi connectivity index (χ2v) is 4.31. The van der Waals surface area contributed by atoms with E-state index in [9.17, 15) is 4.79 Å². The predicted octanol–water partition coefficient (Wildman–Crippen LogP) is 2.69. The molecule has 0 bridgehead atoms. The molecule has 0 radical (unpaired) electrons.